The Morgan fingerprint density at radius 3 is 2.64 bits per heavy atom. The highest BCUT2D eigenvalue weighted by molar-refractivity contribution is 5.92. The fourth-order valence-corrected chi connectivity index (χ4v) is 2.94. The number of hydrogen-bond acceptors (Lipinski definition) is 4. The molecule has 0 aromatic carbocycles. The minimum atomic E-state index is -2.15. The molecule has 1 aliphatic heterocycles. The number of likely N-dealkylation sites (tertiary alicyclic amines) is 1. The van der Waals surface area contributed by atoms with Crippen LogP contribution < -0.4 is 10.8 Å². The third-order valence-corrected chi connectivity index (χ3v) is 4.30. The second-order valence-corrected chi connectivity index (χ2v) is 6.49. The summed E-state index contributed by atoms with van der Waals surface area (Å²) in [7, 11) is 0. The molecule has 142 valence electrons. The molecule has 3 unspecified atom stereocenters. The van der Waals surface area contributed by atoms with Crippen LogP contribution >= 0.6 is 0 Å². The van der Waals surface area contributed by atoms with Crippen LogP contribution in [0.3, 0.4) is 0 Å². The predicted octanol–water partition coefficient (Wildman–Crippen LogP) is 1.32. The Labute approximate surface area is 147 Å². The molecular weight excluding hydrogens is 329 g/mol. The van der Waals surface area contributed by atoms with Gasteiger partial charge in [0.1, 0.15) is 6.04 Å². The molecule has 0 aliphatic carbocycles. The zero-order chi connectivity index (χ0) is 19.0. The molecule has 0 saturated carbocycles. The molecule has 0 radical (unpaired) electrons. The van der Waals surface area contributed by atoms with E-state index in [4.69, 9.17) is 5.21 Å². The lowest BCUT2D eigenvalue weighted by Gasteiger charge is -2.29. The summed E-state index contributed by atoms with van der Waals surface area (Å²) >= 11 is 0. The van der Waals surface area contributed by atoms with Crippen molar-refractivity contribution in [3.63, 3.8) is 0 Å². The maximum Gasteiger partial charge on any atom is 0.278 e. The van der Waals surface area contributed by atoms with Crippen molar-refractivity contribution in [2.45, 2.75) is 58.2 Å². The average molecular weight is 357 g/mol. The largest absolute Gasteiger partial charge is 0.351 e. The quantitative estimate of drug-likeness (QED) is 0.329. The molecule has 3 amide bonds. The van der Waals surface area contributed by atoms with Crippen LogP contribution in [0.1, 0.15) is 46.0 Å². The van der Waals surface area contributed by atoms with Crippen LogP contribution in [-0.2, 0) is 14.4 Å². The number of amides is 3. The van der Waals surface area contributed by atoms with E-state index >= 15 is 0 Å². The summed E-state index contributed by atoms with van der Waals surface area (Å²) in [6.45, 7) is 8.04. The van der Waals surface area contributed by atoms with Gasteiger partial charge in [-0.25, -0.2) is 9.87 Å². The van der Waals surface area contributed by atoms with Gasteiger partial charge in [-0.1, -0.05) is 31.9 Å². The number of carbonyl (C=O) groups excluding carboxylic acids is 3. The molecule has 7 nitrogen and oxygen atoms in total. The van der Waals surface area contributed by atoms with Crippen molar-refractivity contribution in [3.8, 4) is 0 Å². The highest BCUT2D eigenvalue weighted by Gasteiger charge is 2.41. The molecule has 0 aromatic heterocycles. The van der Waals surface area contributed by atoms with E-state index in [-0.39, 0.29) is 12.3 Å². The Morgan fingerprint density at radius 1 is 1.40 bits per heavy atom. The molecule has 3 N–H and O–H groups in total. The number of alkyl halides is 1. The number of carbonyl (C=O) groups is 3. The number of halogens is 1. The molecule has 0 aromatic rings. The SMILES string of the molecule is C=C(C)CNC(=O)C1CCCN1C(=O)C(CCCC)C(F)C(=O)NO. The Morgan fingerprint density at radius 2 is 2.08 bits per heavy atom. The molecule has 1 fully saturated rings. The van der Waals surface area contributed by atoms with E-state index < -0.39 is 29.9 Å². The van der Waals surface area contributed by atoms with Gasteiger partial charge in [-0.2, -0.15) is 0 Å². The predicted molar refractivity (Wildman–Crippen MR) is 90.4 cm³/mol. The molecule has 25 heavy (non-hydrogen) atoms. The number of unbranched alkanes of at least 4 members (excludes halogenated alkanes) is 1. The standard InChI is InChI=1S/C17H28FN3O4/c1-4-5-7-12(14(18)16(23)20-25)17(24)21-9-6-8-13(21)15(22)19-10-11(2)3/h12-14,25H,2,4-10H2,1,3H3,(H,19,22)(H,20,23). The van der Waals surface area contributed by atoms with Gasteiger partial charge in [0.25, 0.3) is 5.91 Å². The van der Waals surface area contributed by atoms with Crippen molar-refractivity contribution in [1.29, 1.82) is 0 Å². The Kier molecular flexibility index (Phi) is 8.54. The molecule has 1 heterocycles. The first kappa shape index (κ1) is 21.1. The smallest absolute Gasteiger partial charge is 0.278 e. The summed E-state index contributed by atoms with van der Waals surface area (Å²) in [6, 6.07) is -0.666. The van der Waals surface area contributed by atoms with E-state index in [1.54, 1.807) is 6.92 Å². The van der Waals surface area contributed by atoms with E-state index in [0.29, 0.717) is 32.4 Å². The maximum atomic E-state index is 14.3. The molecule has 1 saturated heterocycles. The average Bonchev–Trinajstić information content (AvgIpc) is 3.08. The van der Waals surface area contributed by atoms with Crippen molar-refractivity contribution in [2.24, 2.45) is 5.92 Å². The lowest BCUT2D eigenvalue weighted by atomic mass is 9.94. The van der Waals surface area contributed by atoms with E-state index in [0.717, 1.165) is 12.0 Å². The molecular formula is C17H28FN3O4. The Hall–Kier alpha value is -1.96. The number of nitrogens with one attached hydrogen (secondary N) is 2. The maximum absolute atomic E-state index is 14.3. The topological polar surface area (TPSA) is 98.7 Å². The molecule has 1 rings (SSSR count). The molecule has 0 bridgehead atoms. The Bertz CT molecular complexity index is 512. The lowest BCUT2D eigenvalue weighted by Crippen LogP contribution is -2.51. The van der Waals surface area contributed by atoms with Crippen LogP contribution in [0.4, 0.5) is 4.39 Å². The van der Waals surface area contributed by atoms with Crippen molar-refractivity contribution >= 4 is 17.7 Å². The number of hydrogen-bond donors (Lipinski definition) is 3. The molecule has 8 heteroatoms. The van der Waals surface area contributed by atoms with Crippen LogP contribution in [0.5, 0.6) is 0 Å². The van der Waals surface area contributed by atoms with Gasteiger partial charge in [-0.3, -0.25) is 19.6 Å². The van der Waals surface area contributed by atoms with Gasteiger partial charge in [-0.15, -0.1) is 0 Å². The minimum absolute atomic E-state index is 0.181. The monoisotopic (exact) mass is 357 g/mol. The fraction of sp³-hybridized carbons (Fsp3) is 0.706. The van der Waals surface area contributed by atoms with E-state index in [2.05, 4.69) is 11.9 Å². The number of hydroxylamine groups is 1. The van der Waals surface area contributed by atoms with Crippen LogP contribution in [0.15, 0.2) is 12.2 Å². The normalized spacial score (nSPS) is 19.2. The van der Waals surface area contributed by atoms with Gasteiger partial charge in [0.15, 0.2) is 6.17 Å². The van der Waals surface area contributed by atoms with Gasteiger partial charge >= 0.3 is 0 Å². The van der Waals surface area contributed by atoms with Gasteiger partial charge in [-0.05, 0) is 26.2 Å². The number of rotatable bonds is 9. The first-order valence-corrected chi connectivity index (χ1v) is 8.64. The molecule has 0 spiro atoms. The Balaban J connectivity index is 2.87. The van der Waals surface area contributed by atoms with Crippen LogP contribution in [0.2, 0.25) is 0 Å². The zero-order valence-corrected chi connectivity index (χ0v) is 14.9. The van der Waals surface area contributed by atoms with Crippen molar-refractivity contribution in [3.05, 3.63) is 12.2 Å². The second-order valence-electron chi connectivity index (χ2n) is 6.49. The highest BCUT2D eigenvalue weighted by Crippen LogP contribution is 2.25. The molecule has 3 atom stereocenters. The zero-order valence-electron chi connectivity index (χ0n) is 14.9. The third kappa shape index (κ3) is 5.81. The summed E-state index contributed by atoms with van der Waals surface area (Å²) in [4.78, 5) is 37.9. The summed E-state index contributed by atoms with van der Waals surface area (Å²) in [5, 5.41) is 11.4. The first-order chi connectivity index (χ1) is 11.8. The van der Waals surface area contributed by atoms with Crippen LogP contribution in [0.25, 0.3) is 0 Å². The third-order valence-electron chi connectivity index (χ3n) is 4.30. The second kappa shape index (κ2) is 10.1. The van der Waals surface area contributed by atoms with Gasteiger partial charge in [0.2, 0.25) is 11.8 Å². The fourth-order valence-electron chi connectivity index (χ4n) is 2.94. The highest BCUT2D eigenvalue weighted by atomic mass is 19.1. The van der Waals surface area contributed by atoms with Crippen molar-refractivity contribution in [2.75, 3.05) is 13.1 Å². The van der Waals surface area contributed by atoms with Gasteiger partial charge in [0.05, 0.1) is 5.92 Å². The van der Waals surface area contributed by atoms with E-state index in [1.807, 2.05) is 6.92 Å². The van der Waals surface area contributed by atoms with Crippen LogP contribution in [-0.4, -0.2) is 53.1 Å². The molecule has 1 aliphatic rings. The summed E-state index contributed by atoms with van der Waals surface area (Å²) in [6.07, 6.45) is 0.470. The van der Waals surface area contributed by atoms with Gasteiger partial charge in [0, 0.05) is 13.1 Å². The summed E-state index contributed by atoms with van der Waals surface area (Å²) < 4.78 is 14.3. The number of nitrogens with zero attached hydrogens (tertiary/aromatic N) is 1. The van der Waals surface area contributed by atoms with Crippen LogP contribution in [0, 0.1) is 5.92 Å². The van der Waals surface area contributed by atoms with Crippen molar-refractivity contribution < 1.29 is 24.0 Å². The first-order valence-electron chi connectivity index (χ1n) is 8.64. The lowest BCUT2D eigenvalue weighted by molar-refractivity contribution is -0.149. The van der Waals surface area contributed by atoms with E-state index in [1.165, 1.54) is 10.4 Å². The van der Waals surface area contributed by atoms with Gasteiger partial charge < -0.3 is 10.2 Å². The summed E-state index contributed by atoms with van der Waals surface area (Å²) in [5.41, 5.74) is 2.05. The summed E-state index contributed by atoms with van der Waals surface area (Å²) in [5.74, 6) is -3.30. The van der Waals surface area contributed by atoms with E-state index in [9.17, 15) is 18.8 Å². The minimum Gasteiger partial charge on any atom is -0.351 e. The van der Waals surface area contributed by atoms with Crippen molar-refractivity contribution in [1.82, 2.24) is 15.7 Å².